The van der Waals surface area contributed by atoms with Gasteiger partial charge in [-0.2, -0.15) is 0 Å². The van der Waals surface area contributed by atoms with Crippen molar-refractivity contribution in [3.05, 3.63) is 471 Å². The first-order valence-corrected chi connectivity index (χ1v) is 44.0. The number of fused-ring (bicyclic) bond motifs is 11. The number of benzene rings is 23. The second kappa shape index (κ2) is 34.6. The van der Waals surface area contributed by atoms with E-state index >= 15 is 0 Å². The molecule has 0 spiro atoms. The van der Waals surface area contributed by atoms with Gasteiger partial charge >= 0.3 is 0 Å². The van der Waals surface area contributed by atoms with Crippen molar-refractivity contribution in [1.82, 2.24) is 0 Å². The van der Waals surface area contributed by atoms with Crippen LogP contribution in [0.15, 0.2) is 449 Å². The number of aryl methyl sites for hydroxylation is 4. The van der Waals surface area contributed by atoms with Crippen molar-refractivity contribution in [3.63, 3.8) is 0 Å². The fourth-order valence-electron chi connectivity index (χ4n) is 20.0. The molecule has 0 fully saturated rings. The van der Waals surface area contributed by atoms with E-state index in [2.05, 4.69) is 477 Å². The van der Waals surface area contributed by atoms with Crippen molar-refractivity contribution in [2.45, 2.75) is 53.4 Å². The van der Waals surface area contributed by atoms with Crippen LogP contribution in [0.1, 0.15) is 49.9 Å². The van der Waals surface area contributed by atoms with Crippen LogP contribution in [0.2, 0.25) is 0 Å². The molecule has 0 aliphatic rings. The number of hydrogen-bond acceptors (Lipinski definition) is 0. The average Bonchev–Trinajstić information content (AvgIpc) is 0.714. The Kier molecular flexibility index (Phi) is 21.6. The van der Waals surface area contributed by atoms with Crippen molar-refractivity contribution in [3.8, 4) is 89.0 Å². The van der Waals surface area contributed by atoms with Gasteiger partial charge in [0.25, 0.3) is 0 Å². The lowest BCUT2D eigenvalue weighted by molar-refractivity contribution is 1.18. The molecule has 0 radical (unpaired) electrons. The van der Waals surface area contributed by atoms with E-state index in [1.165, 1.54) is 230 Å². The molecule has 0 aromatic heterocycles. The van der Waals surface area contributed by atoms with Crippen LogP contribution in [0.3, 0.4) is 0 Å². The fourth-order valence-corrected chi connectivity index (χ4v) is 20.0. The Labute approximate surface area is 726 Å². The molecule has 0 aliphatic heterocycles. The van der Waals surface area contributed by atoms with Crippen molar-refractivity contribution in [2.24, 2.45) is 0 Å². The maximum atomic E-state index is 2.32. The van der Waals surface area contributed by atoms with Gasteiger partial charge in [0.05, 0.1) is 0 Å². The van der Waals surface area contributed by atoms with E-state index < -0.39 is 0 Å². The van der Waals surface area contributed by atoms with Gasteiger partial charge in [-0.3, -0.25) is 0 Å². The summed E-state index contributed by atoms with van der Waals surface area (Å²) >= 11 is 0. The van der Waals surface area contributed by atoms with Crippen molar-refractivity contribution in [2.75, 3.05) is 0 Å². The van der Waals surface area contributed by atoms with Gasteiger partial charge in [0.2, 0.25) is 0 Å². The molecule has 0 atom stereocenters. The highest BCUT2D eigenvalue weighted by molar-refractivity contribution is 6.21. The number of hydrogen-bond donors (Lipinski definition) is 0. The summed E-state index contributed by atoms with van der Waals surface area (Å²) in [7, 11) is 0. The van der Waals surface area contributed by atoms with Gasteiger partial charge in [-0.15, -0.1) is 0 Å². The molecule has 0 amide bonds. The van der Waals surface area contributed by atoms with Gasteiger partial charge < -0.3 is 0 Å². The summed E-state index contributed by atoms with van der Waals surface area (Å²) < 4.78 is 0. The third-order valence-electron chi connectivity index (χ3n) is 25.7. The molecule has 23 rings (SSSR count). The minimum absolute atomic E-state index is 1.02. The Balaban J connectivity index is 0.000000105. The molecule has 23 aromatic rings. The maximum absolute atomic E-state index is 2.32. The second-order valence-corrected chi connectivity index (χ2v) is 32.5. The topological polar surface area (TPSA) is 0 Å². The van der Waals surface area contributed by atoms with Gasteiger partial charge in [0, 0.05) is 0 Å². The van der Waals surface area contributed by atoms with Gasteiger partial charge in [0.1, 0.15) is 0 Å². The molecule has 0 bridgehead atoms. The van der Waals surface area contributed by atoms with E-state index in [0.29, 0.717) is 0 Å². The Morgan fingerprint density at radius 3 is 0.718 bits per heavy atom. The Morgan fingerprint density at radius 2 is 0.347 bits per heavy atom. The molecule has 124 heavy (non-hydrogen) atoms. The zero-order valence-electron chi connectivity index (χ0n) is 70.6. The Hall–Kier alpha value is -15.1. The molecule has 0 heterocycles. The van der Waals surface area contributed by atoms with E-state index in [4.69, 9.17) is 0 Å². The molecule has 0 saturated carbocycles. The summed E-state index contributed by atoms with van der Waals surface area (Å²) in [5, 5.41) is 29.3. The normalized spacial score (nSPS) is 11.4. The van der Waals surface area contributed by atoms with Gasteiger partial charge in [0.15, 0.2) is 0 Å². The minimum atomic E-state index is 1.02. The molecule has 0 N–H and O–H groups in total. The van der Waals surface area contributed by atoms with E-state index in [1.54, 1.807) is 0 Å². The molecule has 0 nitrogen and oxygen atoms in total. The fraction of sp³-hybridized carbons (Fsp3) is 0.0645. The molecule has 23 aromatic carbocycles. The van der Waals surface area contributed by atoms with Crippen molar-refractivity contribution in [1.29, 1.82) is 0 Å². The lowest BCUT2D eigenvalue weighted by Crippen LogP contribution is -1.93. The zero-order chi connectivity index (χ0) is 83.4. The van der Waals surface area contributed by atoms with Crippen molar-refractivity contribution >= 4 is 118 Å². The van der Waals surface area contributed by atoms with E-state index in [-0.39, 0.29) is 0 Å². The monoisotopic (exact) mass is 1580 g/mol. The largest absolute Gasteiger partial charge is 0.0622 e. The first-order valence-electron chi connectivity index (χ1n) is 44.0. The molecular formula is C124H94. The van der Waals surface area contributed by atoms with Crippen LogP contribution >= 0.6 is 0 Å². The third kappa shape index (κ3) is 14.5. The highest BCUT2D eigenvalue weighted by Gasteiger charge is 2.22. The van der Waals surface area contributed by atoms with E-state index in [1.807, 2.05) is 0 Å². The predicted molar refractivity (Wildman–Crippen MR) is 539 cm³/mol. The minimum Gasteiger partial charge on any atom is -0.0622 e. The summed E-state index contributed by atoms with van der Waals surface area (Å²) in [6.45, 7) is 9.03. The molecule has 0 heteroatoms. The Morgan fingerprint density at radius 1 is 0.121 bits per heavy atom. The summed E-state index contributed by atoms with van der Waals surface area (Å²) in [6, 6.07) is 163. The summed E-state index contributed by atoms with van der Waals surface area (Å²) in [6.07, 6.45) is 4.12. The smallest absolute Gasteiger partial charge is 0.00204 e. The van der Waals surface area contributed by atoms with Gasteiger partial charge in [-0.25, -0.2) is 0 Å². The average molecular weight is 1580 g/mol. The third-order valence-corrected chi connectivity index (χ3v) is 25.7. The van der Waals surface area contributed by atoms with E-state index in [9.17, 15) is 0 Å². The second-order valence-electron chi connectivity index (χ2n) is 32.5. The Bertz CT molecular complexity index is 7670. The maximum Gasteiger partial charge on any atom is -0.00204 e. The van der Waals surface area contributed by atoms with E-state index in [0.717, 1.165) is 25.7 Å². The quantitative estimate of drug-likeness (QED) is 0.107. The molecule has 0 saturated heterocycles. The summed E-state index contributed by atoms with van der Waals surface area (Å²) in [4.78, 5) is 0. The number of rotatable bonds is 12. The molecule has 0 unspecified atom stereocenters. The molecular weight excluding hydrogens is 1490 g/mol. The zero-order valence-corrected chi connectivity index (χ0v) is 70.6. The van der Waals surface area contributed by atoms with Crippen LogP contribution in [-0.4, -0.2) is 0 Å². The first-order chi connectivity index (χ1) is 61.4. The van der Waals surface area contributed by atoms with Crippen LogP contribution in [0.4, 0.5) is 0 Å². The van der Waals surface area contributed by atoms with Crippen LogP contribution < -0.4 is 0 Å². The first kappa shape index (κ1) is 77.5. The highest BCUT2D eigenvalue weighted by atomic mass is 14.3. The lowest BCUT2D eigenvalue weighted by atomic mass is 9.85. The summed E-state index contributed by atoms with van der Waals surface area (Å²) in [5.41, 5.74) is 26.3. The lowest BCUT2D eigenvalue weighted by Gasteiger charge is -2.19. The molecule has 590 valence electrons. The van der Waals surface area contributed by atoms with Crippen LogP contribution in [0.5, 0.6) is 0 Å². The van der Waals surface area contributed by atoms with Crippen LogP contribution in [0, 0.1) is 0 Å². The molecule has 0 aliphatic carbocycles. The summed E-state index contributed by atoms with van der Waals surface area (Å²) in [5.74, 6) is 0. The highest BCUT2D eigenvalue weighted by Crippen LogP contribution is 2.48. The standard InChI is InChI=1S/3C32H24.C28H22/c1-2-25-28-13-5-7-15-30(28)32(31-16-8-6-14-29(25)31)24-20-18-23(19-21-24)27-17-9-11-22-10-3-4-12-26(22)27;1-2-27-28-11-5-7-13-30(28)32(31-14-8-6-12-29(27)31)24-18-15-23(16-19-24)26-20-17-22-9-3-4-10-25(22)21-26;1-2-23-25-14-8-10-18-29(25)32(30-19-11-9-15-26(23)30)31-21-20-24(22-12-4-3-5-13-22)27-16-6-7-17-28(27)31;1-2-23-24-12-6-8-14-26(24)28(27-15-9-7-13-25(23)27)22-18-16-21(17-19-22)20-10-4-3-5-11-20/h3*3-21H,2H2,1H3;3-19H,2H2,1H3. The SMILES string of the molecule is CCc1c2ccccc2c(-c2ccc(-c3ccc4ccccc4c3)cc2)c2ccccc12.CCc1c2ccccc2c(-c2ccc(-c3cccc4ccccc34)cc2)c2ccccc12.CCc1c2ccccc2c(-c2ccc(-c3ccccc3)c3ccccc23)c2ccccc12.CCc1c2ccccc2c(-c2ccc(-c3ccccc3)cc2)c2ccccc12. The van der Waals surface area contributed by atoms with Crippen molar-refractivity contribution < 1.29 is 0 Å². The van der Waals surface area contributed by atoms with Crippen LogP contribution in [0.25, 0.3) is 208 Å². The van der Waals surface area contributed by atoms with Crippen LogP contribution in [-0.2, 0) is 25.7 Å². The van der Waals surface area contributed by atoms with Gasteiger partial charge in [-0.05, 0) is 262 Å². The van der Waals surface area contributed by atoms with Gasteiger partial charge in [-0.1, -0.05) is 471 Å². The predicted octanol–water partition coefficient (Wildman–Crippen LogP) is 35.0.